The van der Waals surface area contributed by atoms with Crippen molar-refractivity contribution in [3.63, 3.8) is 0 Å². The molecule has 1 heterocycles. The summed E-state index contributed by atoms with van der Waals surface area (Å²) in [6.07, 6.45) is 0.878. The van der Waals surface area contributed by atoms with Crippen molar-refractivity contribution in [1.82, 2.24) is 4.90 Å². The average molecular weight is 278 g/mol. The van der Waals surface area contributed by atoms with E-state index in [1.807, 2.05) is 55.6 Å². The van der Waals surface area contributed by atoms with Crippen LogP contribution in [0.1, 0.15) is 16.7 Å². The summed E-state index contributed by atoms with van der Waals surface area (Å²) in [5.74, 6) is 0.0101. The number of likely N-dealkylation sites (N-methyl/N-ethyl adjacent to an activating group) is 1. The highest BCUT2D eigenvalue weighted by Crippen LogP contribution is 2.17. The van der Waals surface area contributed by atoms with Crippen LogP contribution in [0.3, 0.4) is 0 Å². The Morgan fingerprint density at radius 1 is 1.05 bits per heavy atom. The maximum absolute atomic E-state index is 12.5. The summed E-state index contributed by atoms with van der Waals surface area (Å²) >= 11 is 0. The smallest absolute Gasteiger partial charge is 0.272 e. The topological polar surface area (TPSA) is 32.7 Å². The van der Waals surface area contributed by atoms with E-state index in [0.717, 1.165) is 24.1 Å². The van der Waals surface area contributed by atoms with Crippen LogP contribution < -0.4 is 0 Å². The van der Waals surface area contributed by atoms with Crippen molar-refractivity contribution < 1.29 is 4.79 Å². The van der Waals surface area contributed by atoms with Gasteiger partial charge in [-0.1, -0.05) is 54.6 Å². The lowest BCUT2D eigenvalue weighted by atomic mass is 10.0. The molecule has 0 radical (unpaired) electrons. The first-order valence-electron chi connectivity index (χ1n) is 7.18. The molecule has 0 spiro atoms. The minimum absolute atomic E-state index is 0.0101. The second kappa shape index (κ2) is 5.92. The van der Waals surface area contributed by atoms with E-state index >= 15 is 0 Å². The number of nitrogens with zero attached hydrogens (tertiary/aromatic N) is 2. The van der Waals surface area contributed by atoms with Crippen LogP contribution in [-0.4, -0.2) is 30.1 Å². The second-order valence-corrected chi connectivity index (χ2v) is 5.28. The molecular formula is C18H18N2O. The molecule has 0 bridgehead atoms. The Hall–Kier alpha value is -2.42. The van der Waals surface area contributed by atoms with Crippen LogP contribution in [0.5, 0.6) is 0 Å². The zero-order valence-electron chi connectivity index (χ0n) is 12.1. The summed E-state index contributed by atoms with van der Waals surface area (Å²) in [4.78, 5) is 18.9. The Balaban J connectivity index is 1.99. The largest absolute Gasteiger partial charge is 0.340 e. The van der Waals surface area contributed by atoms with Crippen LogP contribution in [0.2, 0.25) is 0 Å². The summed E-state index contributed by atoms with van der Waals surface area (Å²) in [5, 5.41) is 0. The third-order valence-corrected chi connectivity index (χ3v) is 3.80. The molecule has 0 aromatic heterocycles. The number of rotatable bonds is 2. The minimum Gasteiger partial charge on any atom is -0.340 e. The molecule has 0 saturated heterocycles. The first-order valence-corrected chi connectivity index (χ1v) is 7.18. The molecule has 2 aromatic carbocycles. The maximum Gasteiger partial charge on any atom is 0.272 e. The van der Waals surface area contributed by atoms with Crippen LogP contribution in [0.15, 0.2) is 59.6 Å². The lowest BCUT2D eigenvalue weighted by Crippen LogP contribution is -2.32. The fraction of sp³-hybridized carbons (Fsp3) is 0.222. The normalized spacial score (nSPS) is 16.7. The van der Waals surface area contributed by atoms with Gasteiger partial charge in [-0.05, 0) is 17.5 Å². The predicted octanol–water partition coefficient (Wildman–Crippen LogP) is 2.69. The van der Waals surface area contributed by atoms with Gasteiger partial charge in [-0.2, -0.15) is 0 Å². The Bertz CT molecular complexity index is 677. The predicted molar refractivity (Wildman–Crippen MR) is 84.5 cm³/mol. The Labute approximate surface area is 124 Å². The third kappa shape index (κ3) is 2.87. The van der Waals surface area contributed by atoms with Gasteiger partial charge in [-0.3, -0.25) is 9.79 Å². The molecule has 1 aliphatic rings. The van der Waals surface area contributed by atoms with Crippen molar-refractivity contribution in [2.24, 2.45) is 4.99 Å². The molecule has 2 aromatic rings. The van der Waals surface area contributed by atoms with Gasteiger partial charge in [0.2, 0.25) is 0 Å². The number of hydrogen-bond donors (Lipinski definition) is 0. The molecule has 21 heavy (non-hydrogen) atoms. The average Bonchev–Trinajstić information content (AvgIpc) is 2.65. The van der Waals surface area contributed by atoms with Crippen molar-refractivity contribution in [2.75, 3.05) is 13.6 Å². The van der Waals surface area contributed by atoms with E-state index in [9.17, 15) is 4.79 Å². The monoisotopic (exact) mass is 278 g/mol. The van der Waals surface area contributed by atoms with Crippen molar-refractivity contribution in [3.05, 3.63) is 71.3 Å². The molecule has 106 valence electrons. The van der Waals surface area contributed by atoms with E-state index in [1.54, 1.807) is 4.90 Å². The number of carbonyl (C=O) groups excluding carboxylic acids is 1. The van der Waals surface area contributed by atoms with Crippen LogP contribution in [0.25, 0.3) is 0 Å². The molecule has 0 saturated carbocycles. The van der Waals surface area contributed by atoms with Gasteiger partial charge in [-0.15, -0.1) is 0 Å². The van der Waals surface area contributed by atoms with Gasteiger partial charge in [0.05, 0.1) is 6.54 Å². The van der Waals surface area contributed by atoms with Gasteiger partial charge >= 0.3 is 0 Å². The molecule has 1 aliphatic heterocycles. The summed E-state index contributed by atoms with van der Waals surface area (Å²) in [6.45, 7) is 1.27. The summed E-state index contributed by atoms with van der Waals surface area (Å²) in [5.41, 5.74) is 3.86. The quantitative estimate of drug-likeness (QED) is 0.831. The lowest BCUT2D eigenvalue weighted by molar-refractivity contribution is -0.122. The zero-order valence-corrected chi connectivity index (χ0v) is 12.1. The number of hydrogen-bond acceptors (Lipinski definition) is 2. The standard InChI is InChI=1S/C18H18N2O/c1-20-12-11-15-9-5-6-10-16(15)17(18(20)21)19-13-14-7-3-2-4-8-14/h2-10H,11-13H2,1H3/b19-17+. The molecule has 1 amide bonds. The van der Waals surface area contributed by atoms with Crippen LogP contribution in [0, 0.1) is 0 Å². The van der Waals surface area contributed by atoms with Crippen LogP contribution in [-0.2, 0) is 17.8 Å². The van der Waals surface area contributed by atoms with Gasteiger partial charge in [-0.25, -0.2) is 0 Å². The van der Waals surface area contributed by atoms with Crippen molar-refractivity contribution in [1.29, 1.82) is 0 Å². The highest BCUT2D eigenvalue weighted by Gasteiger charge is 2.24. The number of amides is 1. The van der Waals surface area contributed by atoms with Crippen LogP contribution >= 0.6 is 0 Å². The molecule has 3 nitrogen and oxygen atoms in total. The van der Waals surface area contributed by atoms with Crippen molar-refractivity contribution >= 4 is 11.6 Å². The van der Waals surface area contributed by atoms with E-state index in [2.05, 4.69) is 11.1 Å². The Morgan fingerprint density at radius 3 is 2.57 bits per heavy atom. The fourth-order valence-corrected chi connectivity index (χ4v) is 2.56. The van der Waals surface area contributed by atoms with E-state index in [1.165, 1.54) is 5.56 Å². The van der Waals surface area contributed by atoms with Crippen molar-refractivity contribution in [2.45, 2.75) is 13.0 Å². The molecule has 0 atom stereocenters. The molecule has 0 N–H and O–H groups in total. The summed E-state index contributed by atoms with van der Waals surface area (Å²) < 4.78 is 0. The molecule has 3 rings (SSSR count). The minimum atomic E-state index is 0.0101. The molecule has 3 heteroatoms. The highest BCUT2D eigenvalue weighted by atomic mass is 16.2. The summed E-state index contributed by atoms with van der Waals surface area (Å²) in [7, 11) is 1.84. The first-order chi connectivity index (χ1) is 10.3. The van der Waals surface area contributed by atoms with Gasteiger partial charge < -0.3 is 4.90 Å². The van der Waals surface area contributed by atoms with Gasteiger partial charge in [0.25, 0.3) is 5.91 Å². The number of aliphatic imine (C=N–C) groups is 1. The first kappa shape index (κ1) is 13.6. The lowest BCUT2D eigenvalue weighted by Gasteiger charge is -2.14. The van der Waals surface area contributed by atoms with E-state index in [4.69, 9.17) is 0 Å². The van der Waals surface area contributed by atoms with E-state index in [0.29, 0.717) is 12.3 Å². The molecule has 0 fully saturated rings. The van der Waals surface area contributed by atoms with Crippen LogP contribution in [0.4, 0.5) is 0 Å². The van der Waals surface area contributed by atoms with E-state index < -0.39 is 0 Å². The van der Waals surface area contributed by atoms with Gasteiger partial charge in [0.1, 0.15) is 5.71 Å². The van der Waals surface area contributed by atoms with Crippen molar-refractivity contribution in [3.8, 4) is 0 Å². The second-order valence-electron chi connectivity index (χ2n) is 5.28. The number of benzene rings is 2. The highest BCUT2D eigenvalue weighted by molar-refractivity contribution is 6.45. The SMILES string of the molecule is CN1CCc2ccccc2/C(=N\Cc2ccccc2)C1=O. The number of carbonyl (C=O) groups is 1. The third-order valence-electron chi connectivity index (χ3n) is 3.80. The molecular weight excluding hydrogens is 260 g/mol. The maximum atomic E-state index is 12.5. The molecule has 0 unspecified atom stereocenters. The Kier molecular flexibility index (Phi) is 3.82. The fourth-order valence-electron chi connectivity index (χ4n) is 2.56. The van der Waals surface area contributed by atoms with Gasteiger partial charge in [0, 0.05) is 19.2 Å². The van der Waals surface area contributed by atoms with Gasteiger partial charge in [0.15, 0.2) is 0 Å². The Morgan fingerprint density at radius 2 is 1.76 bits per heavy atom. The summed E-state index contributed by atoms with van der Waals surface area (Å²) in [6, 6.07) is 18.1. The molecule has 0 aliphatic carbocycles. The zero-order chi connectivity index (χ0) is 14.7. The van der Waals surface area contributed by atoms with E-state index in [-0.39, 0.29) is 5.91 Å². The number of fused-ring (bicyclic) bond motifs is 1.